The molecule has 0 spiro atoms. The summed E-state index contributed by atoms with van der Waals surface area (Å²) in [6.45, 7) is 0. The van der Waals surface area contributed by atoms with Crippen LogP contribution in [0.4, 0.5) is 17.6 Å². The molecule has 2 rings (SSSR count). The maximum Gasteiger partial charge on any atom is 0.341 e. The minimum atomic E-state index is -4.66. The number of sulfone groups is 2. The zero-order chi connectivity index (χ0) is 19.5. The second-order valence-electron chi connectivity index (χ2n) is 5.08. The average Bonchev–Trinajstić information content (AvgIpc) is 2.60. The summed E-state index contributed by atoms with van der Waals surface area (Å²) in [5.74, 6) is -7.01. The van der Waals surface area contributed by atoms with Crippen molar-refractivity contribution in [3.63, 3.8) is 0 Å². The first-order valence-corrected chi connectivity index (χ1v) is 10.1. The lowest BCUT2D eigenvalue weighted by Crippen LogP contribution is -2.11. The average molecular weight is 408 g/mol. The Bertz CT molecular complexity index is 912. The molecule has 10 heteroatoms. The summed E-state index contributed by atoms with van der Waals surface area (Å²) in [4.78, 5) is -1.02. The summed E-state index contributed by atoms with van der Waals surface area (Å²) in [6.07, 6.45) is 3.05. The molecule has 140 valence electrons. The van der Waals surface area contributed by atoms with Gasteiger partial charge in [0.2, 0.25) is 19.7 Å². The van der Waals surface area contributed by atoms with E-state index in [0.717, 1.165) is 24.3 Å². The van der Waals surface area contributed by atoms with Crippen LogP contribution in [-0.4, -0.2) is 28.4 Å². The van der Waals surface area contributed by atoms with Gasteiger partial charge in [-0.25, -0.2) is 16.8 Å². The van der Waals surface area contributed by atoms with E-state index in [4.69, 9.17) is 0 Å². The predicted molar refractivity (Wildman–Crippen MR) is 88.2 cm³/mol. The summed E-state index contributed by atoms with van der Waals surface area (Å²) < 4.78 is 95.0. The van der Waals surface area contributed by atoms with Crippen molar-refractivity contribution in [1.29, 1.82) is 0 Å². The van der Waals surface area contributed by atoms with Crippen LogP contribution in [0, 0.1) is 0 Å². The van der Waals surface area contributed by atoms with E-state index in [1.54, 1.807) is 0 Å². The summed E-state index contributed by atoms with van der Waals surface area (Å²) >= 11 is 0. The Kier molecular flexibility index (Phi) is 5.87. The van der Waals surface area contributed by atoms with Gasteiger partial charge < -0.3 is 0 Å². The summed E-state index contributed by atoms with van der Waals surface area (Å²) in [6, 6.07) is 9.45. The van der Waals surface area contributed by atoms with Gasteiger partial charge in [0.1, 0.15) is 0 Å². The highest BCUT2D eigenvalue weighted by atomic mass is 32.2. The normalized spacial score (nSPS) is 13.0. The fraction of sp³-hybridized carbons (Fsp3) is 0.125. The van der Waals surface area contributed by atoms with E-state index in [-0.39, 0.29) is 0 Å². The Labute approximate surface area is 147 Å². The molecule has 2 aromatic rings. The van der Waals surface area contributed by atoms with Crippen molar-refractivity contribution in [2.45, 2.75) is 21.3 Å². The molecule has 0 heterocycles. The second kappa shape index (κ2) is 7.58. The lowest BCUT2D eigenvalue weighted by molar-refractivity contribution is 0.234. The van der Waals surface area contributed by atoms with Crippen molar-refractivity contribution >= 4 is 31.8 Å². The summed E-state index contributed by atoms with van der Waals surface area (Å²) in [7, 11) is -9.32. The largest absolute Gasteiger partial charge is 0.341 e. The van der Waals surface area contributed by atoms with Gasteiger partial charge in [-0.1, -0.05) is 36.4 Å². The molecule has 0 atom stereocenters. The van der Waals surface area contributed by atoms with Crippen LogP contribution in [0.1, 0.15) is 11.1 Å². The molecule has 0 amide bonds. The van der Waals surface area contributed by atoms with E-state index in [0.29, 0.717) is 11.1 Å². The number of benzene rings is 2. The quantitative estimate of drug-likeness (QED) is 0.538. The van der Waals surface area contributed by atoms with E-state index >= 15 is 0 Å². The van der Waals surface area contributed by atoms with Crippen molar-refractivity contribution in [3.8, 4) is 0 Å². The van der Waals surface area contributed by atoms with Crippen LogP contribution in [0.2, 0.25) is 0 Å². The van der Waals surface area contributed by atoms with Gasteiger partial charge in [0.25, 0.3) is 0 Å². The predicted octanol–water partition coefficient (Wildman–Crippen LogP) is 3.85. The smallest absolute Gasteiger partial charge is 0.218 e. The number of alkyl halides is 4. The maximum atomic E-state index is 12.4. The summed E-state index contributed by atoms with van der Waals surface area (Å²) in [5.41, 5.74) is 1.00. The van der Waals surface area contributed by atoms with Gasteiger partial charge >= 0.3 is 11.5 Å². The fourth-order valence-corrected chi connectivity index (χ4v) is 3.38. The zero-order valence-corrected chi connectivity index (χ0v) is 14.5. The van der Waals surface area contributed by atoms with Gasteiger partial charge in [-0.05, 0) is 35.4 Å². The molecule has 0 N–H and O–H groups in total. The fourth-order valence-electron chi connectivity index (χ4n) is 1.94. The number of hydrogen-bond donors (Lipinski definition) is 0. The van der Waals surface area contributed by atoms with Crippen LogP contribution in [0.25, 0.3) is 12.2 Å². The number of rotatable bonds is 6. The first kappa shape index (κ1) is 20.1. The zero-order valence-electron chi connectivity index (χ0n) is 12.9. The third-order valence-corrected chi connectivity index (χ3v) is 6.15. The third-order valence-electron chi connectivity index (χ3n) is 3.35. The Balaban J connectivity index is 2.18. The molecule has 0 aliphatic heterocycles. The molecule has 2 aromatic carbocycles. The molecule has 0 aliphatic carbocycles. The van der Waals surface area contributed by atoms with Gasteiger partial charge in [0.15, 0.2) is 0 Å². The van der Waals surface area contributed by atoms with E-state index < -0.39 is 41.0 Å². The van der Waals surface area contributed by atoms with Crippen LogP contribution in [0.5, 0.6) is 0 Å². The molecule has 0 bridgehead atoms. The standard InChI is InChI=1S/C16H12F4O4S2/c17-15(18)25(21,22)13-7-3-11(4-8-13)1-2-12-5-9-14(10-6-12)26(23,24)16(19)20/h1-10,15-16H/b2-1-. The summed E-state index contributed by atoms with van der Waals surface area (Å²) in [5, 5.41) is 0. The molecule has 0 unspecified atom stereocenters. The van der Waals surface area contributed by atoms with Crippen LogP contribution < -0.4 is 0 Å². The molecule has 4 nitrogen and oxygen atoms in total. The first-order chi connectivity index (χ1) is 12.0. The highest BCUT2D eigenvalue weighted by Gasteiger charge is 2.26. The lowest BCUT2D eigenvalue weighted by atomic mass is 10.1. The highest BCUT2D eigenvalue weighted by molar-refractivity contribution is 7.92. The second-order valence-corrected chi connectivity index (χ2v) is 8.92. The van der Waals surface area contributed by atoms with Crippen molar-refractivity contribution in [1.82, 2.24) is 0 Å². The molecule has 0 aliphatic rings. The Morgan fingerprint density at radius 3 is 1.08 bits per heavy atom. The van der Waals surface area contributed by atoms with Gasteiger partial charge in [0.05, 0.1) is 9.79 Å². The molecule has 0 fully saturated rings. The van der Waals surface area contributed by atoms with E-state index in [1.807, 2.05) is 0 Å². The van der Waals surface area contributed by atoms with E-state index in [2.05, 4.69) is 0 Å². The van der Waals surface area contributed by atoms with E-state index in [9.17, 15) is 34.4 Å². The van der Waals surface area contributed by atoms with Crippen molar-refractivity contribution < 1.29 is 34.4 Å². The van der Waals surface area contributed by atoms with E-state index in [1.165, 1.54) is 36.4 Å². The molecule has 26 heavy (non-hydrogen) atoms. The molecule has 0 saturated heterocycles. The molecular formula is C16H12F4O4S2. The van der Waals surface area contributed by atoms with Crippen molar-refractivity contribution in [3.05, 3.63) is 59.7 Å². The van der Waals surface area contributed by atoms with Gasteiger partial charge in [-0.2, -0.15) is 17.6 Å². The molecule has 0 saturated carbocycles. The Morgan fingerprint density at radius 2 is 0.846 bits per heavy atom. The molecule has 0 radical (unpaired) electrons. The number of hydrogen-bond acceptors (Lipinski definition) is 4. The maximum absolute atomic E-state index is 12.4. The lowest BCUT2D eigenvalue weighted by Gasteiger charge is -2.04. The van der Waals surface area contributed by atoms with Crippen molar-refractivity contribution in [2.75, 3.05) is 0 Å². The number of halogens is 4. The molecule has 0 aromatic heterocycles. The van der Waals surface area contributed by atoms with Crippen LogP contribution in [0.3, 0.4) is 0 Å². The van der Waals surface area contributed by atoms with Crippen LogP contribution >= 0.6 is 0 Å². The highest BCUT2D eigenvalue weighted by Crippen LogP contribution is 2.21. The van der Waals surface area contributed by atoms with Gasteiger partial charge in [-0.3, -0.25) is 0 Å². The van der Waals surface area contributed by atoms with Crippen molar-refractivity contribution in [2.24, 2.45) is 0 Å². The van der Waals surface area contributed by atoms with Gasteiger partial charge in [-0.15, -0.1) is 0 Å². The third kappa shape index (κ3) is 4.31. The van der Waals surface area contributed by atoms with Crippen LogP contribution in [0.15, 0.2) is 58.3 Å². The molecular weight excluding hydrogens is 396 g/mol. The monoisotopic (exact) mass is 408 g/mol. The first-order valence-electron chi connectivity index (χ1n) is 6.97. The minimum absolute atomic E-state index is 0.502. The minimum Gasteiger partial charge on any atom is -0.218 e. The Hall–Kier alpha value is -2.20. The SMILES string of the molecule is O=S(=O)(c1ccc(/C=C\c2ccc(S(=O)(=O)C(F)F)cc2)cc1)C(F)F. The Morgan fingerprint density at radius 1 is 0.577 bits per heavy atom. The topological polar surface area (TPSA) is 68.3 Å². The van der Waals surface area contributed by atoms with Gasteiger partial charge in [0, 0.05) is 0 Å². The van der Waals surface area contributed by atoms with Crippen LogP contribution in [-0.2, 0) is 19.7 Å².